The van der Waals surface area contributed by atoms with Crippen LogP contribution in [0, 0.1) is 0 Å². The quantitative estimate of drug-likeness (QED) is 0.653. The van der Waals surface area contributed by atoms with E-state index in [1.807, 2.05) is 13.8 Å². The summed E-state index contributed by atoms with van der Waals surface area (Å²) < 4.78 is 10.9. The Hall–Kier alpha value is -0.160. The van der Waals surface area contributed by atoms with Gasteiger partial charge in [-0.3, -0.25) is 0 Å². The van der Waals surface area contributed by atoms with E-state index in [-0.39, 0.29) is 24.5 Å². The summed E-state index contributed by atoms with van der Waals surface area (Å²) in [6.45, 7) is 5.70. The van der Waals surface area contributed by atoms with Crippen LogP contribution in [0.1, 0.15) is 27.2 Å². The summed E-state index contributed by atoms with van der Waals surface area (Å²) in [7, 11) is 0. The second-order valence-electron chi connectivity index (χ2n) is 3.85. The highest BCUT2D eigenvalue weighted by Crippen LogP contribution is 2.20. The average molecular weight is 189 g/mol. The summed E-state index contributed by atoms with van der Waals surface area (Å²) in [4.78, 5) is 0. The highest BCUT2D eigenvalue weighted by atomic mass is 16.7. The smallest absolute Gasteiger partial charge is 0.159 e. The van der Waals surface area contributed by atoms with E-state index in [1.54, 1.807) is 6.92 Å². The predicted octanol–water partition coefficient (Wildman–Crippen LogP) is 0.234. The third-order valence-corrected chi connectivity index (χ3v) is 2.17. The second-order valence-corrected chi connectivity index (χ2v) is 3.85. The predicted molar refractivity (Wildman–Crippen MR) is 49.2 cm³/mol. The topological polar surface area (TPSA) is 64.7 Å². The first-order valence-electron chi connectivity index (χ1n) is 4.75. The van der Waals surface area contributed by atoms with Gasteiger partial charge in [0.05, 0.1) is 18.3 Å². The lowest BCUT2D eigenvalue weighted by Gasteiger charge is -2.36. The molecule has 1 aliphatic rings. The van der Waals surface area contributed by atoms with Crippen LogP contribution in [0.3, 0.4) is 0 Å². The van der Waals surface area contributed by atoms with E-state index in [9.17, 15) is 5.11 Å². The Morgan fingerprint density at radius 1 is 1.54 bits per heavy atom. The summed E-state index contributed by atoms with van der Waals surface area (Å²) in [5.41, 5.74) is 5.72. The molecule has 0 radical (unpaired) electrons. The van der Waals surface area contributed by atoms with Gasteiger partial charge < -0.3 is 20.3 Å². The van der Waals surface area contributed by atoms with Gasteiger partial charge >= 0.3 is 0 Å². The molecule has 4 nitrogen and oxygen atoms in total. The van der Waals surface area contributed by atoms with Crippen molar-refractivity contribution in [2.24, 2.45) is 5.73 Å². The molecule has 1 aliphatic heterocycles. The Kier molecular flexibility index (Phi) is 3.67. The molecule has 4 atom stereocenters. The Morgan fingerprint density at radius 2 is 2.15 bits per heavy atom. The van der Waals surface area contributed by atoms with Crippen molar-refractivity contribution in [1.29, 1.82) is 0 Å². The molecule has 0 unspecified atom stereocenters. The van der Waals surface area contributed by atoms with Crippen LogP contribution in [-0.2, 0) is 9.47 Å². The number of rotatable bonds is 2. The van der Waals surface area contributed by atoms with E-state index in [2.05, 4.69) is 0 Å². The molecule has 0 aromatic carbocycles. The van der Waals surface area contributed by atoms with Gasteiger partial charge in [-0.15, -0.1) is 0 Å². The largest absolute Gasteiger partial charge is 0.389 e. The standard InChI is InChI=1S/C9H19NO3/c1-5(2)12-8-4-7(10)9(11)6(3)13-8/h5-9,11H,4,10H2,1-3H3/t6-,7-,8+,9+/m0/s1. The van der Waals surface area contributed by atoms with E-state index in [4.69, 9.17) is 15.2 Å². The van der Waals surface area contributed by atoms with Gasteiger partial charge in [0, 0.05) is 12.5 Å². The molecule has 0 aromatic heterocycles. The van der Waals surface area contributed by atoms with Crippen molar-refractivity contribution in [1.82, 2.24) is 0 Å². The van der Waals surface area contributed by atoms with Crippen molar-refractivity contribution in [2.45, 2.75) is 57.8 Å². The van der Waals surface area contributed by atoms with E-state index in [0.29, 0.717) is 6.42 Å². The Bertz CT molecular complexity index is 151. The maximum atomic E-state index is 9.49. The fraction of sp³-hybridized carbons (Fsp3) is 1.00. The maximum absolute atomic E-state index is 9.49. The van der Waals surface area contributed by atoms with Crippen molar-refractivity contribution in [3.63, 3.8) is 0 Å². The van der Waals surface area contributed by atoms with Crippen molar-refractivity contribution in [3.05, 3.63) is 0 Å². The van der Waals surface area contributed by atoms with Crippen LogP contribution in [0.15, 0.2) is 0 Å². The zero-order valence-corrected chi connectivity index (χ0v) is 8.43. The molecule has 1 heterocycles. The molecule has 1 fully saturated rings. The van der Waals surface area contributed by atoms with Crippen molar-refractivity contribution in [3.8, 4) is 0 Å². The molecular weight excluding hydrogens is 170 g/mol. The van der Waals surface area contributed by atoms with Crippen molar-refractivity contribution < 1.29 is 14.6 Å². The first-order valence-corrected chi connectivity index (χ1v) is 4.75. The summed E-state index contributed by atoms with van der Waals surface area (Å²) >= 11 is 0. The molecule has 78 valence electrons. The molecule has 0 bridgehead atoms. The van der Waals surface area contributed by atoms with Crippen molar-refractivity contribution in [2.75, 3.05) is 0 Å². The maximum Gasteiger partial charge on any atom is 0.159 e. The third kappa shape index (κ3) is 2.91. The molecular formula is C9H19NO3. The zero-order valence-electron chi connectivity index (χ0n) is 8.43. The average Bonchev–Trinajstić information content (AvgIpc) is 1.98. The number of nitrogens with two attached hydrogens (primary N) is 1. The lowest BCUT2D eigenvalue weighted by atomic mass is 10.0. The molecule has 4 heteroatoms. The summed E-state index contributed by atoms with van der Waals surface area (Å²) in [6, 6.07) is -0.243. The molecule has 0 spiro atoms. The Labute approximate surface area is 79.0 Å². The molecule has 1 saturated heterocycles. The first-order chi connectivity index (χ1) is 6.00. The van der Waals surface area contributed by atoms with Crippen LogP contribution in [-0.4, -0.2) is 35.8 Å². The van der Waals surface area contributed by atoms with Crippen LogP contribution in [0.2, 0.25) is 0 Å². The molecule has 3 N–H and O–H groups in total. The van der Waals surface area contributed by atoms with Crippen LogP contribution in [0.4, 0.5) is 0 Å². The van der Waals surface area contributed by atoms with Gasteiger partial charge in [0.15, 0.2) is 6.29 Å². The SMILES string of the molecule is CC(C)O[C@H]1C[C@H](N)[C@H](O)[C@H](C)O1. The van der Waals surface area contributed by atoms with Crippen LogP contribution in [0.25, 0.3) is 0 Å². The molecule has 1 rings (SSSR count). The lowest BCUT2D eigenvalue weighted by molar-refractivity contribution is -0.234. The minimum Gasteiger partial charge on any atom is -0.389 e. The minimum atomic E-state index is -0.577. The molecule has 0 aliphatic carbocycles. The third-order valence-electron chi connectivity index (χ3n) is 2.17. The monoisotopic (exact) mass is 189 g/mol. The number of ether oxygens (including phenoxy) is 2. The van der Waals surface area contributed by atoms with Gasteiger partial charge in [-0.05, 0) is 20.8 Å². The summed E-state index contributed by atoms with van der Waals surface area (Å²) in [5.74, 6) is 0. The van der Waals surface area contributed by atoms with E-state index in [0.717, 1.165) is 0 Å². The van der Waals surface area contributed by atoms with E-state index >= 15 is 0 Å². The van der Waals surface area contributed by atoms with E-state index < -0.39 is 6.10 Å². The number of aliphatic hydroxyl groups excluding tert-OH is 1. The molecule has 0 aromatic rings. The second kappa shape index (κ2) is 4.37. The summed E-state index contributed by atoms with van der Waals surface area (Å²) in [5, 5.41) is 9.49. The number of hydrogen-bond donors (Lipinski definition) is 2. The van der Waals surface area contributed by atoms with Crippen LogP contribution < -0.4 is 5.73 Å². The highest BCUT2D eigenvalue weighted by molar-refractivity contribution is 4.83. The normalized spacial score (nSPS) is 41.1. The molecule has 0 amide bonds. The Morgan fingerprint density at radius 3 is 2.62 bits per heavy atom. The van der Waals surface area contributed by atoms with Gasteiger partial charge in [0.25, 0.3) is 0 Å². The van der Waals surface area contributed by atoms with Gasteiger partial charge in [-0.1, -0.05) is 0 Å². The van der Waals surface area contributed by atoms with Gasteiger partial charge in [-0.25, -0.2) is 0 Å². The summed E-state index contributed by atoms with van der Waals surface area (Å²) in [6.07, 6.45) is -0.406. The fourth-order valence-electron chi connectivity index (χ4n) is 1.48. The Balaban J connectivity index is 2.44. The van der Waals surface area contributed by atoms with Gasteiger partial charge in [0.1, 0.15) is 0 Å². The van der Waals surface area contributed by atoms with Crippen LogP contribution in [0.5, 0.6) is 0 Å². The first kappa shape index (κ1) is 10.9. The highest BCUT2D eigenvalue weighted by Gasteiger charge is 2.33. The van der Waals surface area contributed by atoms with E-state index in [1.165, 1.54) is 0 Å². The zero-order chi connectivity index (χ0) is 10.0. The minimum absolute atomic E-state index is 0.125. The number of hydrogen-bond acceptors (Lipinski definition) is 4. The molecule has 13 heavy (non-hydrogen) atoms. The van der Waals surface area contributed by atoms with Gasteiger partial charge in [-0.2, -0.15) is 0 Å². The van der Waals surface area contributed by atoms with Crippen molar-refractivity contribution >= 4 is 0 Å². The molecule has 0 saturated carbocycles. The lowest BCUT2D eigenvalue weighted by Crippen LogP contribution is -2.52. The fourth-order valence-corrected chi connectivity index (χ4v) is 1.48. The number of aliphatic hydroxyl groups is 1. The van der Waals surface area contributed by atoms with Crippen LogP contribution >= 0.6 is 0 Å². The van der Waals surface area contributed by atoms with Gasteiger partial charge in [0.2, 0.25) is 0 Å².